The molecule has 2 aromatic rings. The largest absolute Gasteiger partial charge is 0.335 e. The minimum atomic E-state index is 0.664. The zero-order valence-electron chi connectivity index (χ0n) is 10.8. The highest BCUT2D eigenvalue weighted by Gasteiger charge is 2.22. The van der Waals surface area contributed by atoms with Crippen LogP contribution in [0.4, 0.5) is 0 Å². The van der Waals surface area contributed by atoms with Gasteiger partial charge in [-0.1, -0.05) is 11.6 Å². The van der Waals surface area contributed by atoms with Gasteiger partial charge in [0.15, 0.2) is 0 Å². The molecule has 1 aromatic carbocycles. The second kappa shape index (κ2) is 4.15. The van der Waals surface area contributed by atoms with Gasteiger partial charge >= 0.3 is 0 Å². The van der Waals surface area contributed by atoms with Gasteiger partial charge in [0.05, 0.1) is 0 Å². The average Bonchev–Trinajstić information content (AvgIpc) is 3.14. The van der Waals surface area contributed by atoms with Crippen molar-refractivity contribution in [2.75, 3.05) is 0 Å². The van der Waals surface area contributed by atoms with Crippen molar-refractivity contribution in [1.82, 2.24) is 9.88 Å². The standard InChI is InChI=1S/C15H17N3/c1-10-3-6-14-12(7-10)13(9-17-11-4-5-11)15(8-16)18(14)2/h3,6-7,11,17H,4-5,9H2,1-2H3. The van der Waals surface area contributed by atoms with Crippen molar-refractivity contribution < 1.29 is 0 Å². The van der Waals surface area contributed by atoms with Crippen LogP contribution in [-0.2, 0) is 13.6 Å². The molecule has 3 rings (SSSR count). The number of aryl methyl sites for hydroxylation is 2. The third-order valence-electron chi connectivity index (χ3n) is 3.71. The van der Waals surface area contributed by atoms with Gasteiger partial charge in [-0.15, -0.1) is 0 Å². The summed E-state index contributed by atoms with van der Waals surface area (Å²) in [6.45, 7) is 2.89. The van der Waals surface area contributed by atoms with Crippen molar-refractivity contribution in [2.24, 2.45) is 7.05 Å². The van der Waals surface area contributed by atoms with E-state index in [1.54, 1.807) is 0 Å². The van der Waals surface area contributed by atoms with Crippen LogP contribution in [0.15, 0.2) is 18.2 Å². The first-order chi connectivity index (χ1) is 8.70. The van der Waals surface area contributed by atoms with Crippen LogP contribution in [0.25, 0.3) is 10.9 Å². The number of fused-ring (bicyclic) bond motifs is 1. The predicted octanol–water partition coefficient (Wildman–Crippen LogP) is 2.61. The van der Waals surface area contributed by atoms with E-state index in [9.17, 15) is 5.26 Å². The van der Waals surface area contributed by atoms with Crippen molar-refractivity contribution >= 4 is 10.9 Å². The summed E-state index contributed by atoms with van der Waals surface area (Å²) in [5, 5.41) is 14.1. The van der Waals surface area contributed by atoms with E-state index in [2.05, 4.69) is 36.5 Å². The Hall–Kier alpha value is -1.79. The quantitative estimate of drug-likeness (QED) is 0.894. The zero-order valence-corrected chi connectivity index (χ0v) is 10.8. The third-order valence-corrected chi connectivity index (χ3v) is 3.71. The summed E-state index contributed by atoms with van der Waals surface area (Å²) in [6, 6.07) is 9.39. The van der Waals surface area contributed by atoms with Gasteiger partial charge in [0.25, 0.3) is 0 Å². The highest BCUT2D eigenvalue weighted by Crippen LogP contribution is 2.27. The van der Waals surface area contributed by atoms with Gasteiger partial charge in [-0.2, -0.15) is 5.26 Å². The average molecular weight is 239 g/mol. The molecule has 18 heavy (non-hydrogen) atoms. The fourth-order valence-corrected chi connectivity index (χ4v) is 2.49. The minimum Gasteiger partial charge on any atom is -0.335 e. The normalized spacial score (nSPS) is 14.9. The lowest BCUT2D eigenvalue weighted by molar-refractivity contribution is 0.687. The second-order valence-corrected chi connectivity index (χ2v) is 5.17. The Kier molecular flexibility index (Phi) is 2.61. The predicted molar refractivity (Wildman–Crippen MR) is 72.2 cm³/mol. The van der Waals surface area contributed by atoms with E-state index in [1.165, 1.54) is 23.8 Å². The third kappa shape index (κ3) is 1.79. The molecule has 1 aromatic heterocycles. The van der Waals surface area contributed by atoms with Gasteiger partial charge in [-0.25, -0.2) is 0 Å². The Morgan fingerprint density at radius 3 is 2.89 bits per heavy atom. The van der Waals surface area contributed by atoms with Crippen LogP contribution in [0.3, 0.4) is 0 Å². The molecular formula is C15H17N3. The number of aromatic nitrogens is 1. The van der Waals surface area contributed by atoms with Crippen molar-refractivity contribution in [3.63, 3.8) is 0 Å². The molecule has 0 radical (unpaired) electrons. The topological polar surface area (TPSA) is 40.8 Å². The van der Waals surface area contributed by atoms with Gasteiger partial charge in [-0.05, 0) is 31.9 Å². The van der Waals surface area contributed by atoms with Crippen LogP contribution < -0.4 is 5.32 Å². The molecule has 1 saturated carbocycles. The molecule has 1 aliphatic rings. The van der Waals surface area contributed by atoms with E-state index >= 15 is 0 Å². The number of nitrogens with zero attached hydrogens (tertiary/aromatic N) is 2. The van der Waals surface area contributed by atoms with Crippen molar-refractivity contribution in [2.45, 2.75) is 32.4 Å². The van der Waals surface area contributed by atoms with Crippen LogP contribution in [0.5, 0.6) is 0 Å². The van der Waals surface area contributed by atoms with E-state index in [-0.39, 0.29) is 0 Å². The Balaban J connectivity index is 2.12. The first-order valence-corrected chi connectivity index (χ1v) is 6.42. The van der Waals surface area contributed by atoms with Gasteiger partial charge in [-0.3, -0.25) is 0 Å². The van der Waals surface area contributed by atoms with Crippen LogP contribution in [-0.4, -0.2) is 10.6 Å². The molecule has 3 nitrogen and oxygen atoms in total. The summed E-state index contributed by atoms with van der Waals surface area (Å²) in [4.78, 5) is 0. The van der Waals surface area contributed by atoms with Crippen LogP contribution in [0.1, 0.15) is 29.7 Å². The molecule has 92 valence electrons. The van der Waals surface area contributed by atoms with Gasteiger partial charge < -0.3 is 9.88 Å². The van der Waals surface area contributed by atoms with Crippen LogP contribution >= 0.6 is 0 Å². The molecule has 0 bridgehead atoms. The first-order valence-electron chi connectivity index (χ1n) is 6.42. The molecule has 1 N–H and O–H groups in total. The fourth-order valence-electron chi connectivity index (χ4n) is 2.49. The summed E-state index contributed by atoms with van der Waals surface area (Å²) in [5.41, 5.74) is 4.31. The zero-order chi connectivity index (χ0) is 12.7. The summed E-state index contributed by atoms with van der Waals surface area (Å²) < 4.78 is 2.00. The SMILES string of the molecule is Cc1ccc2c(c1)c(CNC1CC1)c(C#N)n2C. The molecule has 1 aliphatic carbocycles. The molecule has 1 fully saturated rings. The molecule has 0 unspecified atom stereocenters. The number of hydrogen-bond donors (Lipinski definition) is 1. The second-order valence-electron chi connectivity index (χ2n) is 5.17. The summed E-state index contributed by atoms with van der Waals surface area (Å²) in [6.07, 6.45) is 2.54. The number of hydrogen-bond acceptors (Lipinski definition) is 2. The lowest BCUT2D eigenvalue weighted by Crippen LogP contribution is -2.16. The Bertz CT molecular complexity index is 642. The minimum absolute atomic E-state index is 0.664. The van der Waals surface area contributed by atoms with E-state index in [4.69, 9.17) is 0 Å². The number of benzene rings is 1. The van der Waals surface area contributed by atoms with Gasteiger partial charge in [0.2, 0.25) is 0 Å². The van der Waals surface area contributed by atoms with Gasteiger partial charge in [0, 0.05) is 36.1 Å². The summed E-state index contributed by atoms with van der Waals surface area (Å²) in [5.74, 6) is 0. The maximum atomic E-state index is 9.35. The lowest BCUT2D eigenvalue weighted by atomic mass is 10.1. The van der Waals surface area contributed by atoms with Crippen molar-refractivity contribution in [3.05, 3.63) is 35.0 Å². The van der Waals surface area contributed by atoms with Gasteiger partial charge in [0.1, 0.15) is 11.8 Å². The molecule has 1 heterocycles. The van der Waals surface area contributed by atoms with Crippen molar-refractivity contribution in [3.8, 4) is 6.07 Å². The molecule has 0 saturated heterocycles. The van der Waals surface area contributed by atoms with E-state index in [1.807, 2.05) is 11.6 Å². The number of rotatable bonds is 3. The van der Waals surface area contributed by atoms with E-state index in [0.717, 1.165) is 23.3 Å². The van der Waals surface area contributed by atoms with E-state index in [0.29, 0.717) is 6.04 Å². The molecule has 0 amide bonds. The first kappa shape index (κ1) is 11.3. The molecule has 0 spiro atoms. The Morgan fingerprint density at radius 2 is 2.22 bits per heavy atom. The molecule has 0 aliphatic heterocycles. The Labute approximate surface area is 107 Å². The maximum Gasteiger partial charge on any atom is 0.125 e. The van der Waals surface area contributed by atoms with Crippen LogP contribution in [0, 0.1) is 18.3 Å². The monoisotopic (exact) mass is 239 g/mol. The lowest BCUT2D eigenvalue weighted by Gasteiger charge is -2.02. The fraction of sp³-hybridized carbons (Fsp3) is 0.400. The number of nitrogens with one attached hydrogen (secondary N) is 1. The van der Waals surface area contributed by atoms with Crippen LogP contribution in [0.2, 0.25) is 0 Å². The smallest absolute Gasteiger partial charge is 0.125 e. The maximum absolute atomic E-state index is 9.35. The van der Waals surface area contributed by atoms with E-state index < -0.39 is 0 Å². The van der Waals surface area contributed by atoms with Crippen molar-refractivity contribution in [1.29, 1.82) is 5.26 Å². The summed E-state index contributed by atoms with van der Waals surface area (Å²) in [7, 11) is 1.97. The molecule has 0 atom stereocenters. The highest BCUT2D eigenvalue weighted by molar-refractivity contribution is 5.87. The molecular weight excluding hydrogens is 222 g/mol. The Morgan fingerprint density at radius 1 is 1.44 bits per heavy atom. The molecule has 3 heteroatoms. The number of nitriles is 1. The highest BCUT2D eigenvalue weighted by atomic mass is 15.0. The summed E-state index contributed by atoms with van der Waals surface area (Å²) >= 11 is 0.